The Hall–Kier alpha value is -2.50. The lowest BCUT2D eigenvalue weighted by atomic mass is 9.87. The predicted octanol–water partition coefficient (Wildman–Crippen LogP) is 0.176. The van der Waals surface area contributed by atoms with Crippen molar-refractivity contribution in [3.05, 3.63) is 35.9 Å². The fraction of sp³-hybridized carbons (Fsp3) is 0.333. The zero-order valence-electron chi connectivity index (χ0n) is 11.5. The average molecular weight is 286 g/mol. The van der Waals surface area contributed by atoms with Crippen molar-refractivity contribution in [1.82, 2.24) is 9.80 Å². The van der Waals surface area contributed by atoms with Gasteiger partial charge in [-0.25, -0.2) is 0 Å². The molecule has 0 spiro atoms. The van der Waals surface area contributed by atoms with Crippen molar-refractivity contribution >= 4 is 23.6 Å². The maximum Gasteiger partial charge on any atom is 0.242 e. The Morgan fingerprint density at radius 1 is 1.00 bits per heavy atom. The first-order valence-electron chi connectivity index (χ1n) is 6.70. The van der Waals surface area contributed by atoms with Gasteiger partial charge in [-0.2, -0.15) is 0 Å². The molecule has 6 nitrogen and oxygen atoms in total. The molecular formula is C15H14N2O4. The largest absolute Gasteiger partial charge is 0.285 e. The number of carbonyl (C=O) groups excluding carboxylic acids is 4. The van der Waals surface area contributed by atoms with Crippen LogP contribution in [0.5, 0.6) is 0 Å². The second-order valence-corrected chi connectivity index (χ2v) is 5.33. The van der Waals surface area contributed by atoms with E-state index in [1.54, 1.807) is 0 Å². The highest BCUT2D eigenvalue weighted by atomic mass is 16.2. The van der Waals surface area contributed by atoms with Gasteiger partial charge < -0.3 is 0 Å². The molecule has 0 saturated carbocycles. The molecule has 0 unspecified atom stereocenters. The fourth-order valence-corrected chi connectivity index (χ4v) is 2.85. The molecule has 1 aromatic carbocycles. The summed E-state index contributed by atoms with van der Waals surface area (Å²) in [7, 11) is 1.35. The predicted molar refractivity (Wildman–Crippen MR) is 71.4 cm³/mol. The zero-order valence-corrected chi connectivity index (χ0v) is 11.5. The molecule has 2 aliphatic heterocycles. The van der Waals surface area contributed by atoms with Gasteiger partial charge in [0.1, 0.15) is 5.92 Å². The minimum atomic E-state index is -1.04. The van der Waals surface area contributed by atoms with Gasteiger partial charge in [-0.15, -0.1) is 0 Å². The molecule has 3 rings (SSSR count). The lowest BCUT2D eigenvalue weighted by molar-refractivity contribution is -0.155. The summed E-state index contributed by atoms with van der Waals surface area (Å²) in [5.41, 5.74) is 0.810. The standard InChI is InChI=1S/C15H14N2O4/c1-16-11(18)7-10-12(14(16)20)15(21)17(13(10)19)8-9-5-3-2-4-6-9/h2-6,10,12H,7-8H2,1H3/t10-,12-/m0/s1. The molecule has 108 valence electrons. The first-order valence-corrected chi connectivity index (χ1v) is 6.70. The molecule has 21 heavy (non-hydrogen) atoms. The van der Waals surface area contributed by atoms with Crippen LogP contribution in [0.15, 0.2) is 30.3 Å². The Morgan fingerprint density at radius 2 is 1.67 bits per heavy atom. The number of fused-ring (bicyclic) bond motifs is 1. The van der Waals surface area contributed by atoms with Crippen molar-refractivity contribution in [3.8, 4) is 0 Å². The summed E-state index contributed by atoms with van der Waals surface area (Å²) in [6, 6.07) is 9.09. The number of rotatable bonds is 2. The minimum Gasteiger partial charge on any atom is -0.285 e. The van der Waals surface area contributed by atoms with Crippen LogP contribution in [0, 0.1) is 11.8 Å². The number of hydrogen-bond donors (Lipinski definition) is 0. The summed E-state index contributed by atoms with van der Waals surface area (Å²) in [5, 5.41) is 0. The Balaban J connectivity index is 1.89. The van der Waals surface area contributed by atoms with E-state index in [0.717, 1.165) is 15.4 Å². The van der Waals surface area contributed by atoms with Crippen molar-refractivity contribution in [2.45, 2.75) is 13.0 Å². The smallest absolute Gasteiger partial charge is 0.242 e. The molecule has 2 fully saturated rings. The van der Waals surface area contributed by atoms with Crippen LogP contribution in [-0.4, -0.2) is 40.5 Å². The van der Waals surface area contributed by atoms with Crippen LogP contribution in [-0.2, 0) is 25.7 Å². The Kier molecular flexibility index (Phi) is 3.08. The highest BCUT2D eigenvalue weighted by Crippen LogP contribution is 2.35. The number of carbonyl (C=O) groups is 4. The van der Waals surface area contributed by atoms with Gasteiger partial charge in [0.2, 0.25) is 23.6 Å². The lowest BCUT2D eigenvalue weighted by Crippen LogP contribution is -2.48. The molecule has 0 aromatic heterocycles. The minimum absolute atomic E-state index is 0.0806. The number of nitrogens with zero attached hydrogens (tertiary/aromatic N) is 2. The summed E-state index contributed by atoms with van der Waals surface area (Å²) < 4.78 is 0. The molecule has 0 aliphatic carbocycles. The average Bonchev–Trinajstić information content (AvgIpc) is 2.71. The second kappa shape index (κ2) is 4.80. The van der Waals surface area contributed by atoms with Gasteiger partial charge in [0.05, 0.1) is 12.5 Å². The third-order valence-corrected chi connectivity index (χ3v) is 4.07. The quantitative estimate of drug-likeness (QED) is 0.574. The third kappa shape index (κ3) is 2.03. The molecule has 0 radical (unpaired) electrons. The summed E-state index contributed by atoms with van der Waals surface area (Å²) in [6.45, 7) is 0.136. The highest BCUT2D eigenvalue weighted by molar-refractivity contribution is 6.19. The Labute approximate surface area is 121 Å². The van der Waals surface area contributed by atoms with E-state index in [2.05, 4.69) is 0 Å². The van der Waals surface area contributed by atoms with Gasteiger partial charge in [0.15, 0.2) is 0 Å². The van der Waals surface area contributed by atoms with E-state index in [1.807, 2.05) is 30.3 Å². The maximum absolute atomic E-state index is 12.4. The molecular weight excluding hydrogens is 272 g/mol. The molecule has 0 N–H and O–H groups in total. The first-order chi connectivity index (χ1) is 10.0. The van der Waals surface area contributed by atoms with Crippen LogP contribution in [0.4, 0.5) is 0 Å². The summed E-state index contributed by atoms with van der Waals surface area (Å²) in [4.78, 5) is 50.5. The van der Waals surface area contributed by atoms with Gasteiger partial charge in [-0.1, -0.05) is 30.3 Å². The van der Waals surface area contributed by atoms with Crippen molar-refractivity contribution in [1.29, 1.82) is 0 Å². The summed E-state index contributed by atoms with van der Waals surface area (Å²) >= 11 is 0. The number of hydrogen-bond acceptors (Lipinski definition) is 4. The fourth-order valence-electron chi connectivity index (χ4n) is 2.85. The Bertz CT molecular complexity index is 640. The number of amides is 4. The highest BCUT2D eigenvalue weighted by Gasteiger charge is 2.56. The summed E-state index contributed by atoms with van der Waals surface area (Å²) in [6.07, 6.45) is -0.0806. The van der Waals surface area contributed by atoms with E-state index in [0.29, 0.717) is 0 Å². The second-order valence-electron chi connectivity index (χ2n) is 5.33. The molecule has 0 bridgehead atoms. The normalized spacial score (nSPS) is 25.6. The molecule has 4 amide bonds. The maximum atomic E-state index is 12.4. The number of benzene rings is 1. The number of piperidine rings is 1. The Morgan fingerprint density at radius 3 is 2.33 bits per heavy atom. The number of likely N-dealkylation sites (tertiary alicyclic amines) is 2. The van der Waals surface area contributed by atoms with Gasteiger partial charge in [-0.3, -0.25) is 29.0 Å². The van der Waals surface area contributed by atoms with E-state index in [1.165, 1.54) is 7.05 Å². The zero-order chi connectivity index (χ0) is 15.1. The monoisotopic (exact) mass is 286 g/mol. The molecule has 2 atom stereocenters. The number of imide groups is 2. The topological polar surface area (TPSA) is 74.8 Å². The molecule has 1 aromatic rings. The van der Waals surface area contributed by atoms with Gasteiger partial charge in [0.25, 0.3) is 0 Å². The lowest BCUT2D eigenvalue weighted by Gasteiger charge is -2.26. The van der Waals surface area contributed by atoms with Gasteiger partial charge in [0, 0.05) is 13.5 Å². The van der Waals surface area contributed by atoms with E-state index < -0.39 is 35.5 Å². The SMILES string of the molecule is CN1C(=O)C[C@@H]2C(=O)N(Cc3ccccc3)C(=O)[C@@H]2C1=O. The van der Waals surface area contributed by atoms with Gasteiger partial charge >= 0.3 is 0 Å². The third-order valence-electron chi connectivity index (χ3n) is 4.07. The van der Waals surface area contributed by atoms with Crippen LogP contribution in [0.1, 0.15) is 12.0 Å². The van der Waals surface area contributed by atoms with Crippen LogP contribution in [0.3, 0.4) is 0 Å². The van der Waals surface area contributed by atoms with Crippen LogP contribution in [0.25, 0.3) is 0 Å². The van der Waals surface area contributed by atoms with Crippen LogP contribution >= 0.6 is 0 Å². The summed E-state index contributed by atoms with van der Waals surface area (Å²) in [5.74, 6) is -3.79. The van der Waals surface area contributed by atoms with E-state index >= 15 is 0 Å². The molecule has 2 saturated heterocycles. The van der Waals surface area contributed by atoms with E-state index in [4.69, 9.17) is 0 Å². The van der Waals surface area contributed by atoms with E-state index in [9.17, 15) is 19.2 Å². The van der Waals surface area contributed by atoms with Crippen molar-refractivity contribution in [2.75, 3.05) is 7.05 Å². The van der Waals surface area contributed by atoms with Crippen molar-refractivity contribution in [2.24, 2.45) is 11.8 Å². The molecule has 2 aliphatic rings. The van der Waals surface area contributed by atoms with Crippen LogP contribution in [0.2, 0.25) is 0 Å². The van der Waals surface area contributed by atoms with Crippen LogP contribution < -0.4 is 0 Å². The van der Waals surface area contributed by atoms with Gasteiger partial charge in [-0.05, 0) is 5.56 Å². The van der Waals surface area contributed by atoms with E-state index in [-0.39, 0.29) is 13.0 Å². The van der Waals surface area contributed by atoms with Crippen molar-refractivity contribution in [3.63, 3.8) is 0 Å². The first kappa shape index (κ1) is 13.5. The molecule has 6 heteroatoms. The van der Waals surface area contributed by atoms with Crippen molar-refractivity contribution < 1.29 is 19.2 Å². The molecule has 2 heterocycles.